The molecule has 2 aromatic rings. The fourth-order valence-corrected chi connectivity index (χ4v) is 4.19. The Morgan fingerprint density at radius 2 is 1.63 bits per heavy atom. The molecule has 0 fully saturated rings. The number of halogens is 4. The fraction of sp³-hybridized carbons (Fsp3) is 0.222. The van der Waals surface area contributed by atoms with Crippen molar-refractivity contribution in [3.8, 4) is 0 Å². The number of carbonyl (C=O) groups excluding carboxylic acids is 2. The Morgan fingerprint density at radius 1 is 1.00 bits per heavy atom. The molecule has 7 nitrogen and oxygen atoms in total. The van der Waals surface area contributed by atoms with E-state index in [4.69, 9.17) is 51.1 Å². The van der Waals surface area contributed by atoms with Gasteiger partial charge in [0.05, 0.1) is 44.2 Å². The van der Waals surface area contributed by atoms with Crippen LogP contribution < -0.4 is 9.62 Å². The van der Waals surface area contributed by atoms with Crippen molar-refractivity contribution in [1.82, 2.24) is 0 Å². The number of hydrogen-bond donors (Lipinski definition) is 1. The highest BCUT2D eigenvalue weighted by molar-refractivity contribution is 7.92. The average molecular weight is 514 g/mol. The monoisotopic (exact) mass is 512 g/mol. The standard InChI is InChI=1S/C18H16Cl4N2O5S/c1-3-29-18(26)11-5-4-10(6-12(11)19)23-17(25)9-24(30(2,27)28)16-8-14(21)13(20)7-15(16)22/h4-8H,3,9H2,1-2H3,(H,23,25). The van der Waals surface area contributed by atoms with Crippen LogP contribution in [0.5, 0.6) is 0 Å². The minimum Gasteiger partial charge on any atom is -0.462 e. The van der Waals surface area contributed by atoms with Crippen molar-refractivity contribution < 1.29 is 22.7 Å². The van der Waals surface area contributed by atoms with E-state index in [9.17, 15) is 18.0 Å². The molecule has 0 aliphatic rings. The van der Waals surface area contributed by atoms with Crippen LogP contribution in [0.1, 0.15) is 17.3 Å². The zero-order valence-electron chi connectivity index (χ0n) is 15.7. The highest BCUT2D eigenvalue weighted by Crippen LogP contribution is 2.35. The molecule has 0 radical (unpaired) electrons. The first kappa shape index (κ1) is 24.6. The third-order valence-electron chi connectivity index (χ3n) is 3.69. The van der Waals surface area contributed by atoms with Crippen LogP contribution in [0, 0.1) is 0 Å². The molecule has 1 amide bonds. The van der Waals surface area contributed by atoms with Gasteiger partial charge in [-0.2, -0.15) is 0 Å². The molecule has 0 heterocycles. The molecule has 1 N–H and O–H groups in total. The van der Waals surface area contributed by atoms with E-state index in [0.29, 0.717) is 0 Å². The number of anilines is 2. The van der Waals surface area contributed by atoms with Gasteiger partial charge in [-0.05, 0) is 37.3 Å². The van der Waals surface area contributed by atoms with Gasteiger partial charge in [-0.25, -0.2) is 13.2 Å². The van der Waals surface area contributed by atoms with Crippen LogP contribution in [-0.2, 0) is 19.6 Å². The Morgan fingerprint density at radius 3 is 2.20 bits per heavy atom. The van der Waals surface area contributed by atoms with Crippen LogP contribution in [0.4, 0.5) is 11.4 Å². The molecule has 162 valence electrons. The second-order valence-electron chi connectivity index (χ2n) is 5.95. The topological polar surface area (TPSA) is 92.8 Å². The third kappa shape index (κ3) is 6.15. The molecule has 0 saturated heterocycles. The number of nitrogens with zero attached hydrogens (tertiary/aromatic N) is 1. The largest absolute Gasteiger partial charge is 0.462 e. The molecule has 0 aliphatic heterocycles. The zero-order valence-corrected chi connectivity index (χ0v) is 19.5. The number of carbonyl (C=O) groups is 2. The van der Waals surface area contributed by atoms with Crippen LogP contribution in [0.25, 0.3) is 0 Å². The first-order chi connectivity index (χ1) is 13.9. The van der Waals surface area contributed by atoms with Crippen molar-refractivity contribution in [1.29, 1.82) is 0 Å². The molecule has 0 unspecified atom stereocenters. The summed E-state index contributed by atoms with van der Waals surface area (Å²) in [6.07, 6.45) is 0.921. The van der Waals surface area contributed by atoms with Crippen molar-refractivity contribution >= 4 is 79.7 Å². The summed E-state index contributed by atoms with van der Waals surface area (Å²) in [5.41, 5.74) is 0.392. The Bertz CT molecular complexity index is 1090. The lowest BCUT2D eigenvalue weighted by atomic mass is 10.2. The van der Waals surface area contributed by atoms with Crippen LogP contribution in [-0.4, -0.2) is 39.7 Å². The van der Waals surface area contributed by atoms with E-state index in [-0.39, 0.29) is 43.6 Å². The Kier molecular flexibility index (Phi) is 8.24. The van der Waals surface area contributed by atoms with Crippen LogP contribution >= 0.6 is 46.4 Å². The molecular weight excluding hydrogens is 498 g/mol. The number of esters is 1. The number of amides is 1. The number of hydrogen-bond acceptors (Lipinski definition) is 5. The van der Waals surface area contributed by atoms with Crippen molar-refractivity contribution in [3.05, 3.63) is 56.0 Å². The predicted octanol–water partition coefficient (Wildman–Crippen LogP) is 4.88. The lowest BCUT2D eigenvalue weighted by Gasteiger charge is -2.23. The smallest absolute Gasteiger partial charge is 0.339 e. The summed E-state index contributed by atoms with van der Waals surface area (Å²) in [6.45, 7) is 1.26. The Balaban J connectivity index is 2.25. The third-order valence-corrected chi connectivity index (χ3v) is 6.16. The molecule has 0 bridgehead atoms. The molecular formula is C18H16Cl4N2O5S. The Hall–Kier alpha value is -1.71. The van der Waals surface area contributed by atoms with Gasteiger partial charge in [0, 0.05) is 5.69 Å². The minimum atomic E-state index is -3.89. The summed E-state index contributed by atoms with van der Waals surface area (Å²) in [5.74, 6) is -1.28. The van der Waals surface area contributed by atoms with E-state index < -0.39 is 28.4 Å². The fourth-order valence-electron chi connectivity index (χ4n) is 2.38. The molecule has 0 saturated carbocycles. The predicted molar refractivity (Wildman–Crippen MR) is 120 cm³/mol. The van der Waals surface area contributed by atoms with Gasteiger partial charge in [-0.3, -0.25) is 9.10 Å². The van der Waals surface area contributed by atoms with Crippen molar-refractivity contribution in [2.75, 3.05) is 29.0 Å². The summed E-state index contributed by atoms with van der Waals surface area (Å²) in [7, 11) is -3.89. The number of sulfonamides is 1. The zero-order chi connectivity index (χ0) is 22.6. The van der Waals surface area contributed by atoms with E-state index in [2.05, 4.69) is 5.32 Å². The average Bonchev–Trinajstić information content (AvgIpc) is 2.62. The van der Waals surface area contributed by atoms with E-state index >= 15 is 0 Å². The molecule has 0 spiro atoms. The van der Waals surface area contributed by atoms with Gasteiger partial charge >= 0.3 is 5.97 Å². The van der Waals surface area contributed by atoms with E-state index in [1.165, 1.54) is 30.3 Å². The molecule has 0 atom stereocenters. The van der Waals surface area contributed by atoms with E-state index in [0.717, 1.165) is 10.6 Å². The number of benzene rings is 2. The molecule has 0 aliphatic carbocycles. The van der Waals surface area contributed by atoms with E-state index in [1.807, 2.05) is 0 Å². The molecule has 30 heavy (non-hydrogen) atoms. The van der Waals surface area contributed by atoms with Gasteiger partial charge in [0.2, 0.25) is 15.9 Å². The minimum absolute atomic E-state index is 0.000548. The van der Waals surface area contributed by atoms with Gasteiger partial charge in [-0.1, -0.05) is 46.4 Å². The van der Waals surface area contributed by atoms with Gasteiger partial charge < -0.3 is 10.1 Å². The van der Waals surface area contributed by atoms with Crippen LogP contribution in [0.2, 0.25) is 20.1 Å². The SMILES string of the molecule is CCOC(=O)c1ccc(NC(=O)CN(c2cc(Cl)c(Cl)cc2Cl)S(C)(=O)=O)cc1Cl. The summed E-state index contributed by atoms with van der Waals surface area (Å²) in [5, 5.41) is 2.80. The van der Waals surface area contributed by atoms with Crippen molar-refractivity contribution in [3.63, 3.8) is 0 Å². The number of nitrogens with one attached hydrogen (secondary N) is 1. The first-order valence-electron chi connectivity index (χ1n) is 8.32. The second-order valence-corrected chi connectivity index (χ2v) is 9.49. The van der Waals surface area contributed by atoms with Gasteiger partial charge in [0.1, 0.15) is 6.54 Å². The first-order valence-corrected chi connectivity index (χ1v) is 11.7. The molecule has 2 aromatic carbocycles. The number of rotatable bonds is 7. The quantitative estimate of drug-likeness (QED) is 0.420. The molecule has 2 rings (SSSR count). The highest BCUT2D eigenvalue weighted by atomic mass is 35.5. The van der Waals surface area contributed by atoms with Crippen LogP contribution in [0.3, 0.4) is 0 Å². The van der Waals surface area contributed by atoms with Gasteiger partial charge in [0.15, 0.2) is 0 Å². The highest BCUT2D eigenvalue weighted by Gasteiger charge is 2.24. The maximum absolute atomic E-state index is 12.5. The lowest BCUT2D eigenvalue weighted by molar-refractivity contribution is -0.114. The molecule has 0 aromatic heterocycles. The number of ether oxygens (including phenoxy) is 1. The molecule has 12 heteroatoms. The van der Waals surface area contributed by atoms with Gasteiger partial charge in [-0.15, -0.1) is 0 Å². The second kappa shape index (κ2) is 10.1. The Labute approximate surface area is 193 Å². The van der Waals surface area contributed by atoms with Crippen LogP contribution in [0.15, 0.2) is 30.3 Å². The summed E-state index contributed by atoms with van der Waals surface area (Å²) in [6, 6.07) is 6.71. The summed E-state index contributed by atoms with van der Waals surface area (Å²) >= 11 is 24.0. The van der Waals surface area contributed by atoms with Gasteiger partial charge in [0.25, 0.3) is 0 Å². The van der Waals surface area contributed by atoms with E-state index in [1.54, 1.807) is 6.92 Å². The summed E-state index contributed by atoms with van der Waals surface area (Å²) < 4.78 is 30.2. The normalized spacial score (nSPS) is 11.1. The maximum Gasteiger partial charge on any atom is 0.339 e. The summed E-state index contributed by atoms with van der Waals surface area (Å²) in [4.78, 5) is 24.3. The lowest BCUT2D eigenvalue weighted by Crippen LogP contribution is -2.37. The van der Waals surface area contributed by atoms with Crippen molar-refractivity contribution in [2.24, 2.45) is 0 Å². The van der Waals surface area contributed by atoms with Crippen molar-refractivity contribution in [2.45, 2.75) is 6.92 Å². The maximum atomic E-state index is 12.5.